The van der Waals surface area contributed by atoms with Gasteiger partial charge in [0.05, 0.1) is 0 Å². The number of nitrogens with one attached hydrogen (secondary N) is 1. The van der Waals surface area contributed by atoms with Crippen LogP contribution in [0, 0.1) is 0 Å². The minimum atomic E-state index is -0.0982. The molecule has 0 radical (unpaired) electrons. The summed E-state index contributed by atoms with van der Waals surface area (Å²) in [4.78, 5) is 15.9. The van der Waals surface area contributed by atoms with Gasteiger partial charge in [-0.05, 0) is 23.3 Å². The van der Waals surface area contributed by atoms with Crippen LogP contribution in [0.5, 0.6) is 0 Å². The van der Waals surface area contributed by atoms with E-state index in [9.17, 15) is 4.79 Å². The fourth-order valence-corrected chi connectivity index (χ4v) is 2.00. The molecule has 0 saturated carbocycles. The summed E-state index contributed by atoms with van der Waals surface area (Å²) >= 11 is 0. The van der Waals surface area contributed by atoms with Gasteiger partial charge in [-0.15, -0.1) is 0 Å². The van der Waals surface area contributed by atoms with Gasteiger partial charge < -0.3 is 5.32 Å². The van der Waals surface area contributed by atoms with Crippen molar-refractivity contribution in [3.05, 3.63) is 72.1 Å². The van der Waals surface area contributed by atoms with Crippen molar-refractivity contribution in [2.75, 3.05) is 6.54 Å². The van der Waals surface area contributed by atoms with Crippen LogP contribution in [0.1, 0.15) is 25.0 Å². The first kappa shape index (κ1) is 15.0. The maximum atomic E-state index is 11.9. The van der Waals surface area contributed by atoms with Crippen molar-refractivity contribution < 1.29 is 4.79 Å². The molecule has 1 heterocycles. The smallest absolute Gasteiger partial charge is 0.244 e. The molecule has 0 atom stereocenters. The van der Waals surface area contributed by atoms with Gasteiger partial charge in [-0.1, -0.05) is 50.2 Å². The topological polar surface area (TPSA) is 42.0 Å². The molecular weight excluding hydrogens is 260 g/mol. The van der Waals surface area contributed by atoms with Crippen LogP contribution in [0.4, 0.5) is 0 Å². The van der Waals surface area contributed by atoms with E-state index >= 15 is 0 Å². The zero-order valence-electron chi connectivity index (χ0n) is 12.4. The van der Waals surface area contributed by atoms with Gasteiger partial charge >= 0.3 is 0 Å². The number of amides is 1. The number of carbonyl (C=O) groups is 1. The van der Waals surface area contributed by atoms with Crippen molar-refractivity contribution in [1.29, 1.82) is 0 Å². The highest BCUT2D eigenvalue weighted by atomic mass is 16.1. The van der Waals surface area contributed by atoms with Crippen LogP contribution in [0.25, 0.3) is 6.08 Å². The molecule has 2 rings (SSSR count). The highest BCUT2D eigenvalue weighted by Crippen LogP contribution is 2.21. The standard InChI is InChI=1S/C18H20N2O/c1-18(2,16-8-4-3-5-9-16)14-20-17(21)11-10-15-7-6-12-19-13-15/h3-13H,14H2,1-2H3,(H,20,21)/b11-10+. The molecule has 1 amide bonds. The van der Waals surface area contributed by atoms with Crippen LogP contribution in [0.2, 0.25) is 0 Å². The van der Waals surface area contributed by atoms with Crippen molar-refractivity contribution in [3.8, 4) is 0 Å². The average molecular weight is 280 g/mol. The van der Waals surface area contributed by atoms with E-state index in [4.69, 9.17) is 0 Å². The van der Waals surface area contributed by atoms with Gasteiger partial charge in [-0.2, -0.15) is 0 Å². The van der Waals surface area contributed by atoms with Gasteiger partial charge in [0.1, 0.15) is 0 Å². The second kappa shape index (κ2) is 6.84. The largest absolute Gasteiger partial charge is 0.352 e. The zero-order valence-corrected chi connectivity index (χ0v) is 12.4. The monoisotopic (exact) mass is 280 g/mol. The number of rotatable bonds is 5. The molecule has 108 valence electrons. The maximum Gasteiger partial charge on any atom is 0.244 e. The lowest BCUT2D eigenvalue weighted by atomic mass is 9.84. The lowest BCUT2D eigenvalue weighted by molar-refractivity contribution is -0.116. The van der Waals surface area contributed by atoms with Gasteiger partial charge in [0.2, 0.25) is 5.91 Å². The fraction of sp³-hybridized carbons (Fsp3) is 0.222. The van der Waals surface area contributed by atoms with Crippen LogP contribution in [0.3, 0.4) is 0 Å². The number of benzene rings is 1. The lowest BCUT2D eigenvalue weighted by Crippen LogP contribution is -2.35. The Morgan fingerprint density at radius 1 is 1.19 bits per heavy atom. The summed E-state index contributed by atoms with van der Waals surface area (Å²) in [5.41, 5.74) is 2.02. The normalized spacial score (nSPS) is 11.5. The third-order valence-corrected chi connectivity index (χ3v) is 3.37. The van der Waals surface area contributed by atoms with E-state index in [1.54, 1.807) is 18.5 Å². The number of nitrogens with zero attached hydrogens (tertiary/aromatic N) is 1. The first-order valence-corrected chi connectivity index (χ1v) is 6.99. The number of hydrogen-bond donors (Lipinski definition) is 1. The van der Waals surface area contributed by atoms with Gasteiger partial charge in [0, 0.05) is 30.4 Å². The lowest BCUT2D eigenvalue weighted by Gasteiger charge is -2.25. The molecular formula is C18H20N2O. The quantitative estimate of drug-likeness (QED) is 0.855. The number of hydrogen-bond acceptors (Lipinski definition) is 2. The Morgan fingerprint density at radius 3 is 2.62 bits per heavy atom. The van der Waals surface area contributed by atoms with Crippen molar-refractivity contribution >= 4 is 12.0 Å². The van der Waals surface area contributed by atoms with Crippen LogP contribution in [0.15, 0.2) is 60.9 Å². The van der Waals surface area contributed by atoms with Gasteiger partial charge in [-0.3, -0.25) is 9.78 Å². The van der Waals surface area contributed by atoms with Crippen molar-refractivity contribution in [2.45, 2.75) is 19.3 Å². The average Bonchev–Trinajstić information content (AvgIpc) is 2.53. The Kier molecular flexibility index (Phi) is 4.88. The predicted molar refractivity (Wildman–Crippen MR) is 85.7 cm³/mol. The summed E-state index contributed by atoms with van der Waals surface area (Å²) in [6.07, 6.45) is 6.73. The molecule has 3 nitrogen and oxygen atoms in total. The molecule has 0 aliphatic heterocycles. The Bertz CT molecular complexity index is 604. The molecule has 0 aliphatic rings. The molecule has 1 aromatic heterocycles. The molecule has 0 saturated heterocycles. The van der Waals surface area contributed by atoms with E-state index in [1.165, 1.54) is 11.6 Å². The number of carbonyl (C=O) groups excluding carboxylic acids is 1. The molecule has 0 fully saturated rings. The van der Waals surface area contributed by atoms with E-state index < -0.39 is 0 Å². The van der Waals surface area contributed by atoms with E-state index in [-0.39, 0.29) is 11.3 Å². The highest BCUT2D eigenvalue weighted by Gasteiger charge is 2.20. The van der Waals surface area contributed by atoms with Crippen LogP contribution in [-0.2, 0) is 10.2 Å². The molecule has 1 N–H and O–H groups in total. The third-order valence-electron chi connectivity index (χ3n) is 3.37. The van der Waals surface area contributed by atoms with Crippen molar-refractivity contribution in [1.82, 2.24) is 10.3 Å². The van der Waals surface area contributed by atoms with Crippen LogP contribution < -0.4 is 5.32 Å². The minimum Gasteiger partial charge on any atom is -0.352 e. The fourth-order valence-electron chi connectivity index (χ4n) is 2.00. The summed E-state index contributed by atoms with van der Waals surface area (Å²) in [6.45, 7) is 4.83. The Hall–Kier alpha value is -2.42. The summed E-state index contributed by atoms with van der Waals surface area (Å²) < 4.78 is 0. The summed E-state index contributed by atoms with van der Waals surface area (Å²) in [6, 6.07) is 13.9. The number of pyridine rings is 1. The molecule has 0 unspecified atom stereocenters. The number of aromatic nitrogens is 1. The molecule has 0 bridgehead atoms. The van der Waals surface area contributed by atoms with Crippen LogP contribution >= 0.6 is 0 Å². The van der Waals surface area contributed by atoms with Crippen molar-refractivity contribution in [2.24, 2.45) is 0 Å². The second-order valence-electron chi connectivity index (χ2n) is 5.59. The molecule has 21 heavy (non-hydrogen) atoms. The summed E-state index contributed by atoms with van der Waals surface area (Å²) in [5, 5.41) is 2.95. The van der Waals surface area contributed by atoms with Crippen molar-refractivity contribution in [3.63, 3.8) is 0 Å². The minimum absolute atomic E-state index is 0.0946. The van der Waals surface area contributed by atoms with Gasteiger partial charge in [-0.25, -0.2) is 0 Å². The van der Waals surface area contributed by atoms with Gasteiger partial charge in [0.25, 0.3) is 0 Å². The molecule has 0 aliphatic carbocycles. The van der Waals surface area contributed by atoms with E-state index in [2.05, 4.69) is 36.3 Å². The molecule has 1 aromatic carbocycles. The first-order chi connectivity index (χ1) is 10.1. The predicted octanol–water partition coefficient (Wildman–Crippen LogP) is 3.19. The van der Waals surface area contributed by atoms with E-state index in [0.29, 0.717) is 6.54 Å². The van der Waals surface area contributed by atoms with Crippen LogP contribution in [-0.4, -0.2) is 17.4 Å². The second-order valence-corrected chi connectivity index (χ2v) is 5.59. The van der Waals surface area contributed by atoms with Gasteiger partial charge in [0.15, 0.2) is 0 Å². The first-order valence-electron chi connectivity index (χ1n) is 6.99. The van der Waals surface area contributed by atoms with E-state index in [0.717, 1.165) is 5.56 Å². The molecule has 3 heteroatoms. The Labute approximate surface area is 125 Å². The summed E-state index contributed by atoms with van der Waals surface area (Å²) in [7, 11) is 0. The molecule has 2 aromatic rings. The Morgan fingerprint density at radius 2 is 1.95 bits per heavy atom. The highest BCUT2D eigenvalue weighted by molar-refractivity contribution is 5.91. The maximum absolute atomic E-state index is 11.9. The third kappa shape index (κ3) is 4.56. The zero-order chi connectivity index (χ0) is 15.1. The Balaban J connectivity index is 1.91. The molecule has 0 spiro atoms. The summed E-state index contributed by atoms with van der Waals surface area (Å²) in [5.74, 6) is -0.0946. The SMILES string of the molecule is CC(C)(CNC(=O)/C=C/c1cccnc1)c1ccccc1. The van der Waals surface area contributed by atoms with E-state index in [1.807, 2.05) is 30.3 Å².